The molecule has 0 saturated heterocycles. The highest BCUT2D eigenvalue weighted by molar-refractivity contribution is 6.31. The average Bonchev–Trinajstić information content (AvgIpc) is 2.89. The molecule has 1 aliphatic heterocycles. The van der Waals surface area contributed by atoms with Crippen LogP contribution in [0.25, 0.3) is 10.8 Å². The highest BCUT2D eigenvalue weighted by atomic mass is 35.5. The van der Waals surface area contributed by atoms with Crippen LogP contribution in [0.5, 0.6) is 5.75 Å². The zero-order chi connectivity index (χ0) is 20.6. The molecule has 0 fully saturated rings. The minimum absolute atomic E-state index is 0.237. The van der Waals surface area contributed by atoms with Crippen LogP contribution in [0.3, 0.4) is 0 Å². The molecule has 0 aromatic heterocycles. The molecule has 1 amide bonds. The number of halogens is 1. The minimum atomic E-state index is -1.89. The van der Waals surface area contributed by atoms with E-state index in [1.54, 1.807) is 18.2 Å². The van der Waals surface area contributed by atoms with Gasteiger partial charge in [0.1, 0.15) is 18.1 Å². The molecule has 0 bridgehead atoms. The Bertz CT molecular complexity index is 1110. The Morgan fingerprint density at radius 2 is 1.86 bits per heavy atom. The second kappa shape index (κ2) is 7.50. The second-order valence-electron chi connectivity index (χ2n) is 7.21. The Kier molecular flexibility index (Phi) is 5.03. The van der Waals surface area contributed by atoms with Crippen molar-refractivity contribution in [3.63, 3.8) is 0 Å². The zero-order valence-corrected chi connectivity index (χ0v) is 16.6. The van der Waals surface area contributed by atoms with E-state index >= 15 is 0 Å². The van der Waals surface area contributed by atoms with Crippen molar-refractivity contribution < 1.29 is 19.4 Å². The minimum Gasteiger partial charge on any atom is -0.492 e. The van der Waals surface area contributed by atoms with E-state index in [-0.39, 0.29) is 25.4 Å². The molecule has 1 N–H and O–H groups in total. The van der Waals surface area contributed by atoms with Gasteiger partial charge in [-0.25, -0.2) is 0 Å². The van der Waals surface area contributed by atoms with Crippen molar-refractivity contribution in [2.24, 2.45) is 0 Å². The third-order valence-electron chi connectivity index (χ3n) is 5.10. The maximum absolute atomic E-state index is 13.0. The van der Waals surface area contributed by atoms with Gasteiger partial charge in [-0.05, 0) is 48.0 Å². The van der Waals surface area contributed by atoms with E-state index in [0.717, 1.165) is 10.8 Å². The Balaban J connectivity index is 1.53. The molecule has 3 aromatic carbocycles. The fourth-order valence-corrected chi connectivity index (χ4v) is 3.96. The molecule has 0 radical (unpaired) electrons. The SMILES string of the molecule is CC(=O)C[C@@]1(O)C(=O)N(CCOc2ccc3ccccc3c2)c2ccc(Cl)cc21. The average molecular weight is 410 g/mol. The molecule has 0 aliphatic carbocycles. The zero-order valence-electron chi connectivity index (χ0n) is 15.9. The molecule has 29 heavy (non-hydrogen) atoms. The van der Waals surface area contributed by atoms with Gasteiger partial charge in [-0.2, -0.15) is 0 Å². The number of Topliss-reactive ketones (excluding diaryl/α,β-unsaturated/α-hetero) is 1. The van der Waals surface area contributed by atoms with Gasteiger partial charge in [-0.3, -0.25) is 9.59 Å². The second-order valence-corrected chi connectivity index (χ2v) is 7.65. The third-order valence-corrected chi connectivity index (χ3v) is 5.34. The van der Waals surface area contributed by atoms with Crippen molar-refractivity contribution in [2.75, 3.05) is 18.1 Å². The Hall–Kier alpha value is -2.89. The van der Waals surface area contributed by atoms with Gasteiger partial charge < -0.3 is 14.7 Å². The number of hydrogen-bond donors (Lipinski definition) is 1. The summed E-state index contributed by atoms with van der Waals surface area (Å²) in [6.07, 6.45) is -0.290. The van der Waals surface area contributed by atoms with Crippen molar-refractivity contribution >= 4 is 39.8 Å². The molecule has 0 saturated carbocycles. The summed E-state index contributed by atoms with van der Waals surface area (Å²) < 4.78 is 5.84. The van der Waals surface area contributed by atoms with E-state index < -0.39 is 11.5 Å². The number of benzene rings is 3. The van der Waals surface area contributed by atoms with Crippen LogP contribution in [-0.4, -0.2) is 29.9 Å². The molecule has 5 nitrogen and oxygen atoms in total. The summed E-state index contributed by atoms with van der Waals surface area (Å²) in [5.74, 6) is -0.112. The van der Waals surface area contributed by atoms with Crippen molar-refractivity contribution in [3.05, 3.63) is 71.2 Å². The lowest BCUT2D eigenvalue weighted by atomic mass is 9.90. The number of fused-ring (bicyclic) bond motifs is 2. The smallest absolute Gasteiger partial charge is 0.264 e. The Morgan fingerprint density at radius 3 is 2.62 bits per heavy atom. The molecular weight excluding hydrogens is 390 g/mol. The molecule has 1 heterocycles. The predicted octanol–water partition coefficient (Wildman–Crippen LogP) is 4.09. The number of amides is 1. The van der Waals surface area contributed by atoms with Crippen LogP contribution in [0, 0.1) is 0 Å². The van der Waals surface area contributed by atoms with Crippen LogP contribution in [0.15, 0.2) is 60.7 Å². The van der Waals surface area contributed by atoms with E-state index in [1.807, 2.05) is 42.5 Å². The summed E-state index contributed by atoms with van der Waals surface area (Å²) in [5.41, 5.74) is -0.990. The summed E-state index contributed by atoms with van der Waals surface area (Å²) in [5, 5.41) is 13.6. The van der Waals surface area contributed by atoms with Crippen molar-refractivity contribution in [1.82, 2.24) is 0 Å². The molecule has 0 unspecified atom stereocenters. The molecule has 4 rings (SSSR count). The summed E-state index contributed by atoms with van der Waals surface area (Å²) in [6, 6.07) is 18.7. The lowest BCUT2D eigenvalue weighted by molar-refractivity contribution is -0.141. The predicted molar refractivity (Wildman–Crippen MR) is 112 cm³/mol. The molecule has 0 spiro atoms. The first-order valence-electron chi connectivity index (χ1n) is 9.34. The summed E-state index contributed by atoms with van der Waals surface area (Å²) in [7, 11) is 0. The third kappa shape index (κ3) is 3.59. The number of carbonyl (C=O) groups excluding carboxylic acids is 2. The van der Waals surface area contributed by atoms with Gasteiger partial charge in [-0.1, -0.05) is 41.9 Å². The molecular formula is C23H20ClNO4. The topological polar surface area (TPSA) is 66.8 Å². The van der Waals surface area contributed by atoms with Gasteiger partial charge in [0.2, 0.25) is 0 Å². The van der Waals surface area contributed by atoms with E-state index in [9.17, 15) is 14.7 Å². The number of carbonyl (C=O) groups is 2. The van der Waals surface area contributed by atoms with E-state index in [1.165, 1.54) is 11.8 Å². The van der Waals surface area contributed by atoms with Gasteiger partial charge in [0, 0.05) is 17.0 Å². The summed E-state index contributed by atoms with van der Waals surface area (Å²) in [6.45, 7) is 1.82. The first-order valence-corrected chi connectivity index (χ1v) is 9.72. The van der Waals surface area contributed by atoms with Crippen LogP contribution in [-0.2, 0) is 15.2 Å². The van der Waals surface area contributed by atoms with Gasteiger partial charge >= 0.3 is 0 Å². The Labute approximate surface area is 173 Å². The highest BCUT2D eigenvalue weighted by Crippen LogP contribution is 2.43. The van der Waals surface area contributed by atoms with Crippen LogP contribution < -0.4 is 9.64 Å². The molecule has 3 aromatic rings. The van der Waals surface area contributed by atoms with Crippen molar-refractivity contribution in [2.45, 2.75) is 18.9 Å². The number of hydrogen-bond acceptors (Lipinski definition) is 4. The molecule has 1 atom stereocenters. The monoisotopic (exact) mass is 409 g/mol. The standard InChI is InChI=1S/C23H20ClNO4/c1-15(26)14-23(28)20-13-18(24)7-9-21(20)25(22(23)27)10-11-29-19-8-6-16-4-2-3-5-17(16)12-19/h2-9,12-13,28H,10-11,14H2,1H3/t23-/m0/s1. The summed E-state index contributed by atoms with van der Waals surface area (Å²) >= 11 is 6.06. The number of ketones is 1. The van der Waals surface area contributed by atoms with E-state index in [0.29, 0.717) is 22.0 Å². The number of ether oxygens (including phenoxy) is 1. The normalized spacial score (nSPS) is 18.2. The van der Waals surface area contributed by atoms with Gasteiger partial charge in [0.05, 0.1) is 12.2 Å². The van der Waals surface area contributed by atoms with Gasteiger partial charge in [0.15, 0.2) is 5.60 Å². The van der Waals surface area contributed by atoms with E-state index in [4.69, 9.17) is 16.3 Å². The maximum atomic E-state index is 13.0. The number of aliphatic hydroxyl groups is 1. The van der Waals surface area contributed by atoms with Crippen LogP contribution >= 0.6 is 11.6 Å². The molecule has 6 heteroatoms. The van der Waals surface area contributed by atoms with Gasteiger partial charge in [-0.15, -0.1) is 0 Å². The first kappa shape index (κ1) is 19.4. The molecule has 1 aliphatic rings. The number of anilines is 1. The molecule has 148 valence electrons. The lowest BCUT2D eigenvalue weighted by Gasteiger charge is -2.22. The quantitative estimate of drug-likeness (QED) is 0.666. The Morgan fingerprint density at radius 1 is 1.10 bits per heavy atom. The first-order chi connectivity index (χ1) is 13.9. The van der Waals surface area contributed by atoms with Crippen molar-refractivity contribution in [1.29, 1.82) is 0 Å². The van der Waals surface area contributed by atoms with Crippen LogP contribution in [0.2, 0.25) is 5.02 Å². The largest absolute Gasteiger partial charge is 0.492 e. The van der Waals surface area contributed by atoms with Crippen molar-refractivity contribution in [3.8, 4) is 5.75 Å². The fraction of sp³-hybridized carbons (Fsp3) is 0.217. The summed E-state index contributed by atoms with van der Waals surface area (Å²) in [4.78, 5) is 26.1. The fourth-order valence-electron chi connectivity index (χ4n) is 3.79. The lowest BCUT2D eigenvalue weighted by Crippen LogP contribution is -2.43. The highest BCUT2D eigenvalue weighted by Gasteiger charge is 2.50. The number of nitrogens with zero attached hydrogens (tertiary/aromatic N) is 1. The van der Waals surface area contributed by atoms with Gasteiger partial charge in [0.25, 0.3) is 5.91 Å². The van der Waals surface area contributed by atoms with Crippen LogP contribution in [0.4, 0.5) is 5.69 Å². The van der Waals surface area contributed by atoms with Crippen LogP contribution in [0.1, 0.15) is 18.9 Å². The number of rotatable bonds is 6. The maximum Gasteiger partial charge on any atom is 0.264 e. The van der Waals surface area contributed by atoms with E-state index in [2.05, 4.69) is 0 Å².